The molecule has 2 aromatic heterocycles. The number of anilines is 1. The Kier molecular flexibility index (Phi) is 4.65. The Balaban J connectivity index is 2.36. The van der Waals surface area contributed by atoms with Crippen LogP contribution in [0.3, 0.4) is 0 Å². The van der Waals surface area contributed by atoms with Crippen LogP contribution < -0.4 is 5.32 Å². The van der Waals surface area contributed by atoms with Crippen molar-refractivity contribution < 1.29 is 18.8 Å². The Morgan fingerprint density at radius 2 is 1.91 bits per heavy atom. The number of ether oxygens (including phenoxy) is 1. The average Bonchev–Trinajstić information content (AvgIpc) is 2.91. The molecular weight excluding hydrogens is 304 g/mol. The van der Waals surface area contributed by atoms with E-state index in [0.717, 1.165) is 10.4 Å². The second kappa shape index (κ2) is 6.31. The number of hydrogen-bond acceptors (Lipinski definition) is 6. The Bertz CT molecular complexity index is 711. The van der Waals surface area contributed by atoms with Gasteiger partial charge >= 0.3 is 5.97 Å². The lowest BCUT2D eigenvalue weighted by Gasteiger charge is -2.07. The Morgan fingerprint density at radius 3 is 2.45 bits per heavy atom. The molecule has 0 aliphatic carbocycles. The molecule has 0 aliphatic rings. The van der Waals surface area contributed by atoms with Crippen molar-refractivity contribution in [2.24, 2.45) is 0 Å². The van der Waals surface area contributed by atoms with Crippen molar-refractivity contribution in [1.82, 2.24) is 5.16 Å². The summed E-state index contributed by atoms with van der Waals surface area (Å²) in [5.41, 5.74) is 2.12. The predicted octanol–water partition coefficient (Wildman–Crippen LogP) is 3.40. The van der Waals surface area contributed by atoms with Gasteiger partial charge in [0.15, 0.2) is 0 Å². The molecule has 0 saturated carbocycles. The van der Waals surface area contributed by atoms with E-state index in [1.807, 2.05) is 13.8 Å². The molecule has 118 valence electrons. The van der Waals surface area contributed by atoms with Gasteiger partial charge in [-0.25, -0.2) is 4.79 Å². The maximum absolute atomic E-state index is 12.4. The first-order valence-corrected chi connectivity index (χ1v) is 7.69. The molecule has 0 atom stereocenters. The first kappa shape index (κ1) is 16.2. The standard InChI is InChI=1S/C15H18N2O4S/c1-6-20-15(19)11-7(2)10(5)22-14(11)16-13(18)12-8(3)17-21-9(12)4/h6H2,1-5H3,(H,16,18). The normalized spacial score (nSPS) is 10.6. The minimum atomic E-state index is -0.432. The number of thiophene rings is 1. The van der Waals surface area contributed by atoms with Crippen molar-refractivity contribution >= 4 is 28.2 Å². The lowest BCUT2D eigenvalue weighted by Crippen LogP contribution is -2.16. The third-order valence-corrected chi connectivity index (χ3v) is 4.48. The summed E-state index contributed by atoms with van der Waals surface area (Å²) in [7, 11) is 0. The van der Waals surface area contributed by atoms with E-state index >= 15 is 0 Å². The van der Waals surface area contributed by atoms with Gasteiger partial charge in [-0.1, -0.05) is 5.16 Å². The summed E-state index contributed by atoms with van der Waals surface area (Å²) in [6.07, 6.45) is 0. The van der Waals surface area contributed by atoms with Gasteiger partial charge in [0.2, 0.25) is 0 Å². The smallest absolute Gasteiger partial charge is 0.341 e. The van der Waals surface area contributed by atoms with Crippen LogP contribution in [0.2, 0.25) is 0 Å². The monoisotopic (exact) mass is 322 g/mol. The zero-order chi connectivity index (χ0) is 16.4. The van der Waals surface area contributed by atoms with Gasteiger partial charge in [0.05, 0.1) is 17.9 Å². The molecule has 1 N–H and O–H groups in total. The molecule has 6 nitrogen and oxygen atoms in total. The number of aryl methyl sites for hydroxylation is 3. The van der Waals surface area contributed by atoms with Gasteiger partial charge in [-0.15, -0.1) is 11.3 Å². The van der Waals surface area contributed by atoms with E-state index in [4.69, 9.17) is 9.26 Å². The molecule has 2 rings (SSSR count). The maximum Gasteiger partial charge on any atom is 0.341 e. The molecule has 0 fully saturated rings. The number of aromatic nitrogens is 1. The van der Waals surface area contributed by atoms with Gasteiger partial charge in [0.25, 0.3) is 5.91 Å². The largest absolute Gasteiger partial charge is 0.462 e. The number of hydrogen-bond donors (Lipinski definition) is 1. The molecule has 0 unspecified atom stereocenters. The molecule has 1 amide bonds. The third-order valence-electron chi connectivity index (χ3n) is 3.35. The molecule has 2 aromatic rings. The summed E-state index contributed by atoms with van der Waals surface area (Å²) < 4.78 is 10.1. The minimum Gasteiger partial charge on any atom is -0.462 e. The molecule has 22 heavy (non-hydrogen) atoms. The zero-order valence-corrected chi connectivity index (χ0v) is 14.0. The van der Waals surface area contributed by atoms with Gasteiger partial charge in [0, 0.05) is 4.88 Å². The van der Waals surface area contributed by atoms with Crippen molar-refractivity contribution in [3.8, 4) is 0 Å². The lowest BCUT2D eigenvalue weighted by atomic mass is 10.1. The minimum absolute atomic E-state index is 0.282. The maximum atomic E-state index is 12.4. The highest BCUT2D eigenvalue weighted by Crippen LogP contribution is 2.33. The lowest BCUT2D eigenvalue weighted by molar-refractivity contribution is 0.0527. The van der Waals surface area contributed by atoms with Gasteiger partial charge in [-0.2, -0.15) is 0 Å². The number of nitrogens with one attached hydrogen (secondary N) is 1. The topological polar surface area (TPSA) is 81.4 Å². The SMILES string of the molecule is CCOC(=O)c1c(NC(=O)c2c(C)noc2C)sc(C)c1C. The Morgan fingerprint density at radius 1 is 1.23 bits per heavy atom. The van der Waals surface area contributed by atoms with Crippen LogP contribution in [0.5, 0.6) is 0 Å². The van der Waals surface area contributed by atoms with Gasteiger partial charge in [-0.3, -0.25) is 4.79 Å². The van der Waals surface area contributed by atoms with Gasteiger partial charge in [0.1, 0.15) is 16.3 Å². The second-order valence-electron chi connectivity index (χ2n) is 4.86. The number of amides is 1. The third kappa shape index (κ3) is 2.89. The predicted molar refractivity (Wildman–Crippen MR) is 83.7 cm³/mol. The number of carbonyl (C=O) groups is 2. The van der Waals surface area contributed by atoms with E-state index in [1.165, 1.54) is 11.3 Å². The fourth-order valence-electron chi connectivity index (χ4n) is 2.14. The van der Waals surface area contributed by atoms with Crippen molar-refractivity contribution in [3.05, 3.63) is 33.0 Å². The summed E-state index contributed by atoms with van der Waals surface area (Å²) in [5, 5.41) is 7.02. The number of esters is 1. The van der Waals surface area contributed by atoms with E-state index < -0.39 is 5.97 Å². The zero-order valence-electron chi connectivity index (χ0n) is 13.2. The number of rotatable bonds is 4. The van der Waals surface area contributed by atoms with Gasteiger partial charge < -0.3 is 14.6 Å². The van der Waals surface area contributed by atoms with Crippen LogP contribution in [-0.2, 0) is 4.74 Å². The first-order valence-electron chi connectivity index (χ1n) is 6.88. The van der Waals surface area contributed by atoms with Crippen LogP contribution in [0.4, 0.5) is 5.00 Å². The highest BCUT2D eigenvalue weighted by Gasteiger charge is 2.24. The van der Waals surface area contributed by atoms with Crippen molar-refractivity contribution in [1.29, 1.82) is 0 Å². The van der Waals surface area contributed by atoms with Crippen molar-refractivity contribution in [2.75, 3.05) is 11.9 Å². The molecule has 0 aliphatic heterocycles. The first-order chi connectivity index (χ1) is 10.4. The van der Waals surface area contributed by atoms with Crippen LogP contribution in [0.15, 0.2) is 4.52 Å². The second-order valence-corrected chi connectivity index (χ2v) is 6.09. The number of nitrogens with zero attached hydrogens (tertiary/aromatic N) is 1. The van der Waals surface area contributed by atoms with Crippen LogP contribution in [0, 0.1) is 27.7 Å². The fraction of sp³-hybridized carbons (Fsp3) is 0.400. The average molecular weight is 322 g/mol. The summed E-state index contributed by atoms with van der Waals surface area (Å²) in [6.45, 7) is 9.13. The Labute approximate surface area is 132 Å². The van der Waals surface area contributed by atoms with Crippen molar-refractivity contribution in [3.63, 3.8) is 0 Å². The Hall–Kier alpha value is -2.15. The molecule has 7 heteroatoms. The van der Waals surface area contributed by atoms with E-state index in [1.54, 1.807) is 20.8 Å². The molecule has 2 heterocycles. The molecule has 0 saturated heterocycles. The van der Waals surface area contributed by atoms with E-state index in [2.05, 4.69) is 10.5 Å². The van der Waals surface area contributed by atoms with Crippen LogP contribution in [0.1, 0.15) is 49.5 Å². The summed E-state index contributed by atoms with van der Waals surface area (Å²) in [5.74, 6) is -0.334. The summed E-state index contributed by atoms with van der Waals surface area (Å²) in [4.78, 5) is 25.5. The van der Waals surface area contributed by atoms with E-state index in [9.17, 15) is 9.59 Å². The molecular formula is C15H18N2O4S. The quantitative estimate of drug-likeness (QED) is 0.872. The molecule has 0 bridgehead atoms. The van der Waals surface area contributed by atoms with Crippen LogP contribution in [-0.4, -0.2) is 23.6 Å². The van der Waals surface area contributed by atoms with E-state index in [-0.39, 0.29) is 12.5 Å². The van der Waals surface area contributed by atoms with Gasteiger partial charge in [-0.05, 0) is 40.2 Å². The van der Waals surface area contributed by atoms with E-state index in [0.29, 0.717) is 27.6 Å². The molecule has 0 aromatic carbocycles. The summed E-state index contributed by atoms with van der Waals surface area (Å²) in [6, 6.07) is 0. The highest BCUT2D eigenvalue weighted by molar-refractivity contribution is 7.16. The molecule has 0 radical (unpaired) electrons. The van der Waals surface area contributed by atoms with Crippen LogP contribution in [0.25, 0.3) is 0 Å². The fourth-order valence-corrected chi connectivity index (χ4v) is 3.18. The van der Waals surface area contributed by atoms with Crippen molar-refractivity contribution in [2.45, 2.75) is 34.6 Å². The number of carbonyl (C=O) groups excluding carboxylic acids is 2. The van der Waals surface area contributed by atoms with Crippen LogP contribution >= 0.6 is 11.3 Å². The molecule has 0 spiro atoms. The summed E-state index contributed by atoms with van der Waals surface area (Å²) >= 11 is 1.35. The highest BCUT2D eigenvalue weighted by atomic mass is 32.1.